The second kappa shape index (κ2) is 8.92. The first kappa shape index (κ1) is 18.6. The summed E-state index contributed by atoms with van der Waals surface area (Å²) in [5, 5.41) is 4.21. The zero-order valence-electron chi connectivity index (χ0n) is 13.2. The van der Waals surface area contributed by atoms with Crippen LogP contribution in [0.1, 0.15) is 24.3 Å². The van der Waals surface area contributed by atoms with Gasteiger partial charge in [-0.1, -0.05) is 41.4 Å². The minimum absolute atomic E-state index is 0.0115. The Bertz CT molecular complexity index is 676. The number of rotatable bonds is 1. The predicted octanol–water partition coefficient (Wildman–Crippen LogP) is 3.58. The van der Waals surface area contributed by atoms with Gasteiger partial charge in [-0.05, 0) is 42.3 Å². The molecule has 1 saturated heterocycles. The van der Waals surface area contributed by atoms with Crippen molar-refractivity contribution in [2.45, 2.75) is 24.8 Å². The van der Waals surface area contributed by atoms with Crippen LogP contribution in [0.15, 0.2) is 48.5 Å². The first-order valence-corrected chi connectivity index (χ1v) is 8.50. The molecule has 0 saturated carbocycles. The van der Waals surface area contributed by atoms with Crippen molar-refractivity contribution in [2.75, 3.05) is 12.3 Å². The van der Waals surface area contributed by atoms with Gasteiger partial charge >= 0.3 is 0 Å². The maximum atomic E-state index is 11.5. The molecule has 2 aromatic carbocycles. The summed E-state index contributed by atoms with van der Waals surface area (Å²) in [5.41, 5.74) is 13.2. The number of benzene rings is 2. The number of amides is 1. The Balaban J connectivity index is 0.000000219. The van der Waals surface area contributed by atoms with Crippen molar-refractivity contribution in [3.05, 3.63) is 64.1 Å². The van der Waals surface area contributed by atoms with E-state index < -0.39 is 0 Å². The quantitative estimate of drug-likeness (QED) is 0.675. The Morgan fingerprint density at radius 1 is 1.04 bits per heavy atom. The van der Waals surface area contributed by atoms with Gasteiger partial charge in [0, 0.05) is 40.7 Å². The number of carbonyl (C=O) groups excluding carboxylic acids is 1. The standard InChI is InChI=1S/C12H15ClN2O.C6H6ClN/c13-9-3-1-2-8(6-9)10-7-12(16)15-5-4-11(10)14;7-5-2-1-3-6(8)4-5/h1-3,6,10-11H,4-5,7,14H2,(H,15,16);1-4H,8H2/t10-,11?;/m0./s1. The number of carbonyl (C=O) groups is 1. The summed E-state index contributed by atoms with van der Waals surface area (Å²) in [6.07, 6.45) is 1.25. The molecule has 1 heterocycles. The average Bonchev–Trinajstić information content (AvgIpc) is 2.69. The Morgan fingerprint density at radius 2 is 1.71 bits per heavy atom. The van der Waals surface area contributed by atoms with E-state index in [4.69, 9.17) is 34.7 Å². The summed E-state index contributed by atoms with van der Waals surface area (Å²) in [4.78, 5) is 11.5. The summed E-state index contributed by atoms with van der Waals surface area (Å²) in [7, 11) is 0. The third-order valence-corrected chi connectivity index (χ3v) is 4.32. The number of anilines is 1. The molecule has 0 bridgehead atoms. The monoisotopic (exact) mass is 365 g/mol. The Kier molecular flexibility index (Phi) is 6.91. The van der Waals surface area contributed by atoms with Crippen molar-refractivity contribution in [1.29, 1.82) is 0 Å². The van der Waals surface area contributed by atoms with Crippen molar-refractivity contribution in [3.8, 4) is 0 Å². The second-order valence-electron chi connectivity index (χ2n) is 5.72. The van der Waals surface area contributed by atoms with E-state index in [2.05, 4.69) is 5.32 Å². The maximum Gasteiger partial charge on any atom is 0.220 e. The molecule has 3 rings (SSSR count). The topological polar surface area (TPSA) is 81.1 Å². The first-order valence-electron chi connectivity index (χ1n) is 7.74. The molecular weight excluding hydrogens is 345 g/mol. The first-order chi connectivity index (χ1) is 11.5. The van der Waals surface area contributed by atoms with Gasteiger partial charge in [0.1, 0.15) is 0 Å². The molecule has 24 heavy (non-hydrogen) atoms. The number of nitrogen functional groups attached to an aromatic ring is 1. The summed E-state index contributed by atoms with van der Waals surface area (Å²) < 4.78 is 0. The zero-order chi connectivity index (χ0) is 17.5. The third-order valence-electron chi connectivity index (χ3n) is 3.85. The van der Waals surface area contributed by atoms with Gasteiger partial charge < -0.3 is 16.8 Å². The highest BCUT2D eigenvalue weighted by Crippen LogP contribution is 2.27. The SMILES string of the molecule is NC1CCNC(=O)C[C@H]1c1cccc(Cl)c1.Nc1cccc(Cl)c1. The fraction of sp³-hybridized carbons (Fsp3) is 0.278. The summed E-state index contributed by atoms with van der Waals surface area (Å²) >= 11 is 11.5. The van der Waals surface area contributed by atoms with E-state index in [1.165, 1.54) is 0 Å². The van der Waals surface area contributed by atoms with Crippen molar-refractivity contribution in [1.82, 2.24) is 5.32 Å². The van der Waals surface area contributed by atoms with Crippen LogP contribution in [0.25, 0.3) is 0 Å². The summed E-state index contributed by atoms with van der Waals surface area (Å²) in [6, 6.07) is 14.7. The van der Waals surface area contributed by atoms with Crippen LogP contribution in [0.3, 0.4) is 0 Å². The van der Waals surface area contributed by atoms with Crippen LogP contribution >= 0.6 is 23.2 Å². The minimum Gasteiger partial charge on any atom is -0.399 e. The molecule has 2 atom stereocenters. The molecule has 6 heteroatoms. The van der Waals surface area contributed by atoms with Crippen LogP contribution in [-0.4, -0.2) is 18.5 Å². The molecule has 0 spiro atoms. The van der Waals surface area contributed by atoms with E-state index in [1.54, 1.807) is 18.2 Å². The molecular formula is C18H21Cl2N3O. The largest absolute Gasteiger partial charge is 0.399 e. The Labute approximate surface area is 152 Å². The number of nitrogens with two attached hydrogens (primary N) is 2. The molecule has 5 N–H and O–H groups in total. The molecule has 1 amide bonds. The number of nitrogens with one attached hydrogen (secondary N) is 1. The lowest BCUT2D eigenvalue weighted by Crippen LogP contribution is -2.28. The molecule has 0 radical (unpaired) electrons. The highest BCUT2D eigenvalue weighted by molar-refractivity contribution is 6.31. The number of hydrogen-bond acceptors (Lipinski definition) is 3. The van der Waals surface area contributed by atoms with E-state index in [9.17, 15) is 4.79 Å². The van der Waals surface area contributed by atoms with Crippen molar-refractivity contribution in [3.63, 3.8) is 0 Å². The van der Waals surface area contributed by atoms with E-state index in [-0.39, 0.29) is 17.9 Å². The molecule has 0 aliphatic carbocycles. The van der Waals surface area contributed by atoms with Crippen LogP contribution < -0.4 is 16.8 Å². The van der Waals surface area contributed by atoms with Crippen LogP contribution in [0.2, 0.25) is 10.0 Å². The van der Waals surface area contributed by atoms with Gasteiger partial charge in [-0.25, -0.2) is 0 Å². The van der Waals surface area contributed by atoms with Crippen LogP contribution in [0.5, 0.6) is 0 Å². The lowest BCUT2D eigenvalue weighted by molar-refractivity contribution is -0.121. The molecule has 1 aliphatic heterocycles. The van der Waals surface area contributed by atoms with Gasteiger partial charge in [-0.3, -0.25) is 4.79 Å². The molecule has 1 unspecified atom stereocenters. The highest BCUT2D eigenvalue weighted by atomic mass is 35.5. The Hall–Kier alpha value is -1.75. The fourth-order valence-corrected chi connectivity index (χ4v) is 3.01. The molecule has 128 valence electrons. The lowest BCUT2D eigenvalue weighted by Gasteiger charge is -2.20. The smallest absolute Gasteiger partial charge is 0.220 e. The molecule has 2 aromatic rings. The van der Waals surface area contributed by atoms with Gasteiger partial charge in [-0.2, -0.15) is 0 Å². The summed E-state index contributed by atoms with van der Waals surface area (Å²) in [6.45, 7) is 0.664. The average molecular weight is 366 g/mol. The van der Waals surface area contributed by atoms with Gasteiger partial charge in [0.05, 0.1) is 0 Å². The maximum absolute atomic E-state index is 11.5. The van der Waals surface area contributed by atoms with E-state index in [1.807, 2.05) is 30.3 Å². The zero-order valence-corrected chi connectivity index (χ0v) is 14.7. The van der Waals surface area contributed by atoms with Crippen LogP contribution in [0.4, 0.5) is 5.69 Å². The normalized spacial score (nSPS) is 20.4. The second-order valence-corrected chi connectivity index (χ2v) is 6.60. The van der Waals surface area contributed by atoms with Gasteiger partial charge in [0.15, 0.2) is 0 Å². The molecule has 0 aromatic heterocycles. The molecule has 4 nitrogen and oxygen atoms in total. The van der Waals surface area contributed by atoms with Crippen molar-refractivity contribution in [2.24, 2.45) is 5.73 Å². The Morgan fingerprint density at radius 3 is 2.29 bits per heavy atom. The lowest BCUT2D eigenvalue weighted by atomic mass is 9.88. The van der Waals surface area contributed by atoms with Gasteiger partial charge in [0.2, 0.25) is 5.91 Å². The van der Waals surface area contributed by atoms with Crippen LogP contribution in [0, 0.1) is 0 Å². The number of hydrogen-bond donors (Lipinski definition) is 3. The van der Waals surface area contributed by atoms with E-state index >= 15 is 0 Å². The highest BCUT2D eigenvalue weighted by Gasteiger charge is 2.25. The van der Waals surface area contributed by atoms with Gasteiger partial charge in [0.25, 0.3) is 0 Å². The van der Waals surface area contributed by atoms with E-state index in [0.29, 0.717) is 28.7 Å². The predicted molar refractivity (Wildman–Crippen MR) is 100 cm³/mol. The van der Waals surface area contributed by atoms with E-state index in [0.717, 1.165) is 12.0 Å². The third kappa shape index (κ3) is 5.71. The fourth-order valence-electron chi connectivity index (χ4n) is 2.61. The minimum atomic E-state index is 0.0115. The van der Waals surface area contributed by atoms with Gasteiger partial charge in [-0.15, -0.1) is 0 Å². The molecule has 1 aliphatic rings. The number of halogens is 2. The van der Waals surface area contributed by atoms with Crippen LogP contribution in [-0.2, 0) is 4.79 Å². The van der Waals surface area contributed by atoms with Crippen molar-refractivity contribution < 1.29 is 4.79 Å². The van der Waals surface area contributed by atoms with Crippen molar-refractivity contribution >= 4 is 34.8 Å². The summed E-state index contributed by atoms with van der Waals surface area (Å²) in [5.74, 6) is 0.138. The molecule has 1 fully saturated rings.